The monoisotopic (exact) mass is 390 g/mol. The van der Waals surface area contributed by atoms with Gasteiger partial charge in [0, 0.05) is 6.07 Å². The second-order valence-corrected chi connectivity index (χ2v) is 6.58. The minimum atomic E-state index is -1.33. The molecule has 0 radical (unpaired) electrons. The van der Waals surface area contributed by atoms with Crippen LogP contribution in [0, 0.1) is 11.3 Å². The van der Waals surface area contributed by atoms with Crippen LogP contribution in [0.15, 0.2) is 30.5 Å². The van der Waals surface area contributed by atoms with Gasteiger partial charge in [-0.25, -0.2) is 14.3 Å². The highest BCUT2D eigenvalue weighted by atomic mass is 16.4. The van der Waals surface area contributed by atoms with Crippen LogP contribution in [0.4, 0.5) is 0 Å². The molecule has 4 rings (SSSR count). The van der Waals surface area contributed by atoms with Crippen molar-refractivity contribution in [2.75, 3.05) is 0 Å². The number of primary amides is 1. The van der Waals surface area contributed by atoms with Gasteiger partial charge in [0.2, 0.25) is 0 Å². The van der Waals surface area contributed by atoms with Crippen molar-refractivity contribution in [3.8, 4) is 6.07 Å². The number of aryl methyl sites for hydroxylation is 1. The Morgan fingerprint density at radius 2 is 2.10 bits per heavy atom. The third-order valence-electron chi connectivity index (χ3n) is 4.84. The maximum atomic E-state index is 12.8. The molecule has 2 aromatic heterocycles. The number of hydrogen-bond donors (Lipinski definition) is 3. The maximum absolute atomic E-state index is 12.8. The summed E-state index contributed by atoms with van der Waals surface area (Å²) in [5, 5.41) is 25.1. The van der Waals surface area contributed by atoms with E-state index in [4.69, 9.17) is 11.0 Å². The fourth-order valence-corrected chi connectivity index (χ4v) is 3.47. The second-order valence-electron chi connectivity index (χ2n) is 6.58. The molecule has 0 saturated heterocycles. The Bertz CT molecular complexity index is 1240. The number of nitrogens with zero attached hydrogens (tertiary/aromatic N) is 4. The van der Waals surface area contributed by atoms with Crippen LogP contribution in [0.1, 0.15) is 60.5 Å². The number of nitriles is 1. The van der Waals surface area contributed by atoms with Gasteiger partial charge in [0.25, 0.3) is 11.8 Å². The van der Waals surface area contributed by atoms with Crippen LogP contribution in [0.2, 0.25) is 0 Å². The van der Waals surface area contributed by atoms with Crippen molar-refractivity contribution in [1.82, 2.24) is 19.9 Å². The first-order valence-corrected chi connectivity index (χ1v) is 8.64. The van der Waals surface area contributed by atoms with Crippen LogP contribution in [0.5, 0.6) is 0 Å². The van der Waals surface area contributed by atoms with E-state index >= 15 is 0 Å². The lowest BCUT2D eigenvalue weighted by Crippen LogP contribution is -2.29. The van der Waals surface area contributed by atoms with Crippen molar-refractivity contribution in [3.05, 3.63) is 64.1 Å². The molecule has 4 N–H and O–H groups in total. The third kappa shape index (κ3) is 3.04. The molecule has 0 spiro atoms. The summed E-state index contributed by atoms with van der Waals surface area (Å²) < 4.78 is 0.952. The smallest absolute Gasteiger partial charge is 0.354 e. The summed E-state index contributed by atoms with van der Waals surface area (Å²) >= 11 is 0. The molecule has 0 bridgehead atoms. The van der Waals surface area contributed by atoms with Gasteiger partial charge in [0.1, 0.15) is 11.3 Å². The number of carboxylic acids is 1. The third-order valence-corrected chi connectivity index (χ3v) is 4.84. The number of aromatic carboxylic acids is 1. The highest BCUT2D eigenvalue weighted by Gasteiger charge is 2.27. The number of nitrogens with two attached hydrogens (primary N) is 1. The minimum absolute atomic E-state index is 0.0857. The lowest BCUT2D eigenvalue weighted by Gasteiger charge is -2.14. The molecule has 1 aliphatic carbocycles. The molecule has 10 heteroatoms. The van der Waals surface area contributed by atoms with Crippen LogP contribution in [0.3, 0.4) is 0 Å². The molecule has 2 amide bonds. The first kappa shape index (κ1) is 18.1. The van der Waals surface area contributed by atoms with E-state index in [2.05, 4.69) is 21.5 Å². The summed E-state index contributed by atoms with van der Waals surface area (Å²) in [5.41, 5.74) is 7.04. The molecular weight excluding hydrogens is 376 g/mol. The number of rotatable bonds is 4. The van der Waals surface area contributed by atoms with Crippen LogP contribution in [-0.2, 0) is 6.42 Å². The number of carbonyl (C=O) groups is 3. The van der Waals surface area contributed by atoms with Crippen LogP contribution in [-0.4, -0.2) is 37.5 Å². The topological polar surface area (TPSA) is 163 Å². The molecule has 0 fully saturated rings. The Morgan fingerprint density at radius 1 is 1.31 bits per heavy atom. The number of carbonyl (C=O) groups excluding carboxylic acids is 2. The molecule has 3 aromatic rings. The number of carboxylic acid groups (broad SMARTS) is 1. The predicted octanol–water partition coefficient (Wildman–Crippen LogP) is 0.815. The molecule has 0 saturated carbocycles. The Hall–Kier alpha value is -4.26. The summed E-state index contributed by atoms with van der Waals surface area (Å²) in [5.74, 6) is -2.76. The summed E-state index contributed by atoms with van der Waals surface area (Å²) in [6, 6.07) is 8.16. The van der Waals surface area contributed by atoms with E-state index in [9.17, 15) is 19.5 Å². The number of hydrogen-bond acceptors (Lipinski definition) is 6. The van der Waals surface area contributed by atoms with Crippen LogP contribution >= 0.6 is 0 Å². The first-order chi connectivity index (χ1) is 13.9. The standard InChI is InChI=1S/C19H14N6O4/c20-7-9-1-3-11-10(5-9)2-4-13(11)24-18(27)14-6-15(19(28)29)25-17(23-14)12(8-22-25)16(21)26/h1,3,5-6,8,13H,2,4H2,(H2,21,26)(H,24,27)(H,28,29)/t13-/m0/s1. The highest BCUT2D eigenvalue weighted by Crippen LogP contribution is 2.32. The summed E-state index contributed by atoms with van der Waals surface area (Å²) in [6.07, 6.45) is 2.46. The molecule has 10 nitrogen and oxygen atoms in total. The van der Waals surface area contributed by atoms with Crippen molar-refractivity contribution in [1.29, 1.82) is 5.26 Å². The van der Waals surface area contributed by atoms with Crippen molar-refractivity contribution in [2.45, 2.75) is 18.9 Å². The Balaban J connectivity index is 1.70. The average Bonchev–Trinajstić information content (AvgIpc) is 3.30. The number of amides is 2. The molecule has 1 aliphatic rings. The van der Waals surface area contributed by atoms with Gasteiger partial charge in [-0.05, 0) is 36.1 Å². The normalized spacial score (nSPS) is 14.9. The Morgan fingerprint density at radius 3 is 2.79 bits per heavy atom. The maximum Gasteiger partial charge on any atom is 0.354 e. The van der Waals surface area contributed by atoms with E-state index in [0.29, 0.717) is 18.4 Å². The van der Waals surface area contributed by atoms with E-state index in [-0.39, 0.29) is 28.6 Å². The van der Waals surface area contributed by atoms with Gasteiger partial charge in [-0.15, -0.1) is 0 Å². The fraction of sp³-hybridized carbons (Fsp3) is 0.158. The van der Waals surface area contributed by atoms with Crippen LogP contribution < -0.4 is 11.1 Å². The predicted molar refractivity (Wildman–Crippen MR) is 98.1 cm³/mol. The zero-order valence-corrected chi connectivity index (χ0v) is 14.9. The lowest BCUT2D eigenvalue weighted by atomic mass is 10.1. The number of aromatic nitrogens is 3. The highest BCUT2D eigenvalue weighted by molar-refractivity contribution is 6.01. The summed E-state index contributed by atoms with van der Waals surface area (Å²) in [7, 11) is 0. The minimum Gasteiger partial charge on any atom is -0.477 e. The van der Waals surface area contributed by atoms with E-state index in [1.165, 1.54) is 0 Å². The SMILES string of the molecule is N#Cc1ccc2c(c1)CC[C@@H]2NC(=O)c1cc(C(=O)O)n2ncc(C(N)=O)c2n1. The first-order valence-electron chi connectivity index (χ1n) is 8.64. The van der Waals surface area contributed by atoms with E-state index in [1.54, 1.807) is 18.2 Å². The zero-order valence-electron chi connectivity index (χ0n) is 14.9. The molecule has 2 heterocycles. The number of nitrogens with one attached hydrogen (secondary N) is 1. The quantitative estimate of drug-likeness (QED) is 0.593. The fourth-order valence-electron chi connectivity index (χ4n) is 3.47. The van der Waals surface area contributed by atoms with E-state index in [0.717, 1.165) is 27.9 Å². The van der Waals surface area contributed by atoms with Gasteiger partial charge in [0.05, 0.1) is 23.9 Å². The molecule has 29 heavy (non-hydrogen) atoms. The summed E-state index contributed by atoms with van der Waals surface area (Å²) in [6.45, 7) is 0. The molecular formula is C19H14N6O4. The largest absolute Gasteiger partial charge is 0.477 e. The molecule has 1 atom stereocenters. The summed E-state index contributed by atoms with van der Waals surface area (Å²) in [4.78, 5) is 40.0. The van der Waals surface area contributed by atoms with Crippen LogP contribution in [0.25, 0.3) is 5.65 Å². The number of benzene rings is 1. The van der Waals surface area contributed by atoms with Crippen molar-refractivity contribution in [2.24, 2.45) is 5.73 Å². The Labute approximate surface area is 163 Å². The van der Waals surface area contributed by atoms with Gasteiger partial charge >= 0.3 is 5.97 Å². The molecule has 0 unspecified atom stereocenters. The average molecular weight is 390 g/mol. The van der Waals surface area contributed by atoms with Crippen molar-refractivity contribution in [3.63, 3.8) is 0 Å². The molecule has 144 valence electrons. The van der Waals surface area contributed by atoms with Crippen molar-refractivity contribution >= 4 is 23.4 Å². The van der Waals surface area contributed by atoms with E-state index in [1.807, 2.05) is 0 Å². The van der Waals surface area contributed by atoms with Gasteiger partial charge in [0.15, 0.2) is 11.3 Å². The number of fused-ring (bicyclic) bond motifs is 2. The van der Waals surface area contributed by atoms with Gasteiger partial charge in [-0.3, -0.25) is 9.59 Å². The van der Waals surface area contributed by atoms with Gasteiger partial charge in [-0.1, -0.05) is 6.07 Å². The van der Waals surface area contributed by atoms with E-state index < -0.39 is 17.8 Å². The zero-order chi connectivity index (χ0) is 20.7. The Kier molecular flexibility index (Phi) is 4.20. The van der Waals surface area contributed by atoms with Gasteiger partial charge in [-0.2, -0.15) is 10.4 Å². The second kappa shape index (κ2) is 6.72. The molecule has 0 aliphatic heterocycles. The molecule has 1 aromatic carbocycles. The van der Waals surface area contributed by atoms with Crippen molar-refractivity contribution < 1.29 is 19.5 Å². The van der Waals surface area contributed by atoms with Gasteiger partial charge < -0.3 is 16.2 Å². The lowest BCUT2D eigenvalue weighted by molar-refractivity contribution is 0.0686.